The first kappa shape index (κ1) is 21.1. The van der Waals surface area contributed by atoms with Crippen molar-refractivity contribution >= 4 is 5.69 Å². The molecular weight excluding hydrogens is 404 g/mol. The van der Waals surface area contributed by atoms with Crippen molar-refractivity contribution in [3.8, 4) is 11.5 Å². The van der Waals surface area contributed by atoms with E-state index in [4.69, 9.17) is 4.74 Å². The van der Waals surface area contributed by atoms with E-state index in [-0.39, 0.29) is 12.2 Å². The molecule has 0 aliphatic carbocycles. The molecule has 0 bridgehead atoms. The zero-order chi connectivity index (χ0) is 21.1. The van der Waals surface area contributed by atoms with E-state index < -0.39 is 37.2 Å². The Hall–Kier alpha value is -2.62. The molecule has 1 heterocycles. The highest BCUT2D eigenvalue weighted by Crippen LogP contribution is 2.31. The SMILES string of the molecule is FC(F)(F)OC[C@@H]1C[C@H](Oc2ccc(OC(F)(F)F)cc2)CN1c1ccccc1. The lowest BCUT2D eigenvalue weighted by Gasteiger charge is -2.26. The maximum Gasteiger partial charge on any atom is 0.573 e. The Morgan fingerprint density at radius 2 is 1.45 bits per heavy atom. The third kappa shape index (κ3) is 6.45. The third-order valence-electron chi connectivity index (χ3n) is 4.26. The number of halogens is 6. The number of nitrogens with zero attached hydrogens (tertiary/aromatic N) is 1. The van der Waals surface area contributed by atoms with Gasteiger partial charge in [-0.25, -0.2) is 0 Å². The van der Waals surface area contributed by atoms with Gasteiger partial charge in [-0.3, -0.25) is 4.74 Å². The van der Waals surface area contributed by atoms with Crippen LogP contribution in [0.4, 0.5) is 32.0 Å². The summed E-state index contributed by atoms with van der Waals surface area (Å²) in [6.45, 7) is -0.257. The van der Waals surface area contributed by atoms with Crippen LogP contribution in [0.15, 0.2) is 54.6 Å². The summed E-state index contributed by atoms with van der Waals surface area (Å²) in [4.78, 5) is 1.76. The lowest BCUT2D eigenvalue weighted by Crippen LogP contribution is -2.35. The first-order chi connectivity index (χ1) is 13.6. The average Bonchev–Trinajstić information content (AvgIpc) is 3.03. The molecule has 0 spiro atoms. The maximum absolute atomic E-state index is 12.5. The van der Waals surface area contributed by atoms with Crippen LogP contribution in [0.1, 0.15) is 6.42 Å². The smallest absolute Gasteiger partial charge is 0.489 e. The van der Waals surface area contributed by atoms with Gasteiger partial charge in [0.05, 0.1) is 19.2 Å². The lowest BCUT2D eigenvalue weighted by molar-refractivity contribution is -0.325. The number of benzene rings is 2. The van der Waals surface area contributed by atoms with Gasteiger partial charge in [0.25, 0.3) is 0 Å². The van der Waals surface area contributed by atoms with E-state index in [9.17, 15) is 26.3 Å². The van der Waals surface area contributed by atoms with Gasteiger partial charge in [0, 0.05) is 12.1 Å². The minimum Gasteiger partial charge on any atom is -0.489 e. The van der Waals surface area contributed by atoms with Crippen molar-refractivity contribution in [1.29, 1.82) is 0 Å². The van der Waals surface area contributed by atoms with Crippen LogP contribution in [0.2, 0.25) is 0 Å². The normalized spacial score (nSPS) is 20.0. The highest BCUT2D eigenvalue weighted by Gasteiger charge is 2.38. The van der Waals surface area contributed by atoms with Crippen molar-refractivity contribution in [1.82, 2.24) is 0 Å². The molecule has 0 saturated carbocycles. The first-order valence-electron chi connectivity index (χ1n) is 8.64. The Balaban J connectivity index is 1.67. The van der Waals surface area contributed by atoms with Crippen LogP contribution in [0, 0.1) is 0 Å². The van der Waals surface area contributed by atoms with Crippen LogP contribution in [0.5, 0.6) is 11.5 Å². The highest BCUT2D eigenvalue weighted by atomic mass is 19.4. The van der Waals surface area contributed by atoms with Crippen LogP contribution in [-0.2, 0) is 4.74 Å². The molecule has 0 N–H and O–H groups in total. The van der Waals surface area contributed by atoms with E-state index in [1.165, 1.54) is 12.1 Å². The Labute approximate surface area is 162 Å². The zero-order valence-corrected chi connectivity index (χ0v) is 14.9. The molecule has 0 unspecified atom stereocenters. The van der Waals surface area contributed by atoms with Gasteiger partial charge in [0.1, 0.15) is 17.6 Å². The Morgan fingerprint density at radius 3 is 2.03 bits per heavy atom. The molecule has 1 fully saturated rings. The molecule has 3 rings (SSSR count). The van der Waals surface area contributed by atoms with Crippen molar-refractivity contribution in [3.63, 3.8) is 0 Å². The van der Waals surface area contributed by atoms with Crippen LogP contribution in [0.3, 0.4) is 0 Å². The van der Waals surface area contributed by atoms with E-state index in [2.05, 4.69) is 9.47 Å². The van der Waals surface area contributed by atoms with Crippen molar-refractivity contribution < 1.29 is 40.6 Å². The predicted octanol–water partition coefficient (Wildman–Crippen LogP) is 5.15. The molecule has 1 aliphatic rings. The summed E-state index contributed by atoms with van der Waals surface area (Å²) in [6.07, 6.45) is -9.75. The fourth-order valence-corrected chi connectivity index (χ4v) is 3.16. The van der Waals surface area contributed by atoms with Crippen molar-refractivity contribution in [2.45, 2.75) is 31.3 Å². The number of ether oxygens (including phenoxy) is 3. The lowest BCUT2D eigenvalue weighted by atomic mass is 10.2. The van der Waals surface area contributed by atoms with Gasteiger partial charge in [-0.2, -0.15) is 0 Å². The number of para-hydroxylation sites is 1. The number of alkyl halides is 6. The monoisotopic (exact) mass is 421 g/mol. The van der Waals surface area contributed by atoms with E-state index in [1.807, 2.05) is 0 Å². The Morgan fingerprint density at radius 1 is 0.828 bits per heavy atom. The summed E-state index contributed by atoms with van der Waals surface area (Å²) < 4.78 is 87.6. The maximum atomic E-state index is 12.5. The summed E-state index contributed by atoms with van der Waals surface area (Å²) in [5, 5.41) is 0. The van der Waals surface area contributed by atoms with Crippen molar-refractivity contribution in [2.24, 2.45) is 0 Å². The molecule has 1 saturated heterocycles. The van der Waals surface area contributed by atoms with Gasteiger partial charge in [-0.1, -0.05) is 18.2 Å². The number of anilines is 1. The van der Waals surface area contributed by atoms with Crippen LogP contribution in [0.25, 0.3) is 0 Å². The molecule has 2 aromatic carbocycles. The Kier molecular flexibility index (Phi) is 6.11. The zero-order valence-electron chi connectivity index (χ0n) is 14.9. The molecule has 2 atom stereocenters. The molecule has 10 heteroatoms. The molecule has 158 valence electrons. The summed E-state index contributed by atoms with van der Waals surface area (Å²) in [5.74, 6) is -0.103. The second kappa shape index (κ2) is 8.40. The molecule has 0 aromatic heterocycles. The van der Waals surface area contributed by atoms with Gasteiger partial charge in [-0.15, -0.1) is 26.3 Å². The summed E-state index contributed by atoms with van der Waals surface area (Å²) in [6, 6.07) is 13.1. The minimum atomic E-state index is -4.80. The topological polar surface area (TPSA) is 30.9 Å². The van der Waals surface area contributed by atoms with Gasteiger partial charge in [0.2, 0.25) is 0 Å². The van der Waals surface area contributed by atoms with E-state index in [1.54, 1.807) is 35.2 Å². The van der Waals surface area contributed by atoms with E-state index in [0.29, 0.717) is 6.54 Å². The fraction of sp³-hybridized carbons (Fsp3) is 0.368. The quantitative estimate of drug-likeness (QED) is 0.604. The standard InChI is InChI=1S/C19H17F6NO3/c20-18(21,22)27-12-14-10-17(11-26(14)13-4-2-1-3-5-13)28-15-6-8-16(9-7-15)29-19(23,24)25/h1-9,14,17H,10-12H2/t14-,17-/m0/s1. The van der Waals surface area contributed by atoms with Crippen molar-refractivity contribution in [3.05, 3.63) is 54.6 Å². The third-order valence-corrected chi connectivity index (χ3v) is 4.26. The van der Waals surface area contributed by atoms with Crippen LogP contribution in [-0.4, -0.2) is 38.0 Å². The van der Waals surface area contributed by atoms with Gasteiger partial charge >= 0.3 is 12.7 Å². The number of rotatable bonds is 6. The van der Waals surface area contributed by atoms with E-state index >= 15 is 0 Å². The number of hydrogen-bond acceptors (Lipinski definition) is 4. The van der Waals surface area contributed by atoms with Crippen molar-refractivity contribution in [2.75, 3.05) is 18.1 Å². The molecule has 4 nitrogen and oxygen atoms in total. The fourth-order valence-electron chi connectivity index (χ4n) is 3.16. The van der Waals surface area contributed by atoms with Gasteiger partial charge in [-0.05, 0) is 36.4 Å². The average molecular weight is 421 g/mol. The first-order valence-corrected chi connectivity index (χ1v) is 8.64. The highest BCUT2D eigenvalue weighted by molar-refractivity contribution is 5.48. The number of hydrogen-bond donors (Lipinski definition) is 0. The molecular formula is C19H17F6NO3. The van der Waals surface area contributed by atoms with Gasteiger partial charge in [0.15, 0.2) is 0 Å². The summed E-state index contributed by atoms with van der Waals surface area (Å²) in [7, 11) is 0. The van der Waals surface area contributed by atoms with Crippen LogP contribution < -0.4 is 14.4 Å². The second-order valence-corrected chi connectivity index (χ2v) is 6.39. The predicted molar refractivity (Wildman–Crippen MR) is 91.7 cm³/mol. The Bertz CT molecular complexity index is 779. The van der Waals surface area contributed by atoms with Gasteiger partial charge < -0.3 is 14.4 Å². The molecule has 1 aliphatic heterocycles. The minimum absolute atomic E-state index is 0.256. The summed E-state index contributed by atoms with van der Waals surface area (Å²) >= 11 is 0. The molecule has 0 radical (unpaired) electrons. The molecule has 2 aromatic rings. The molecule has 0 amide bonds. The van der Waals surface area contributed by atoms with Crippen LogP contribution >= 0.6 is 0 Å². The second-order valence-electron chi connectivity index (χ2n) is 6.39. The summed E-state index contributed by atoms with van der Waals surface area (Å²) in [5.41, 5.74) is 0.725. The van der Waals surface area contributed by atoms with E-state index in [0.717, 1.165) is 17.8 Å². The molecule has 29 heavy (non-hydrogen) atoms. The largest absolute Gasteiger partial charge is 0.573 e.